The fraction of sp³-hybridized carbons (Fsp3) is 0.438. The molecule has 0 saturated heterocycles. The lowest BCUT2D eigenvalue weighted by molar-refractivity contribution is 0.675. The van der Waals surface area contributed by atoms with Crippen LogP contribution in [0.15, 0.2) is 28.1 Å². The van der Waals surface area contributed by atoms with E-state index in [1.54, 1.807) is 11.3 Å². The van der Waals surface area contributed by atoms with Gasteiger partial charge in [0.2, 0.25) is 0 Å². The maximum Gasteiger partial charge on any atom is 0.0898 e. The Hall–Kier alpha value is -0.910. The molecular formula is C16H22BrN3S. The van der Waals surface area contributed by atoms with Crippen LogP contribution in [-0.2, 0) is 13.1 Å². The summed E-state index contributed by atoms with van der Waals surface area (Å²) in [7, 11) is 2.10. The van der Waals surface area contributed by atoms with E-state index >= 15 is 0 Å². The van der Waals surface area contributed by atoms with E-state index in [-0.39, 0.29) is 0 Å². The highest BCUT2D eigenvalue weighted by Crippen LogP contribution is 2.27. The Kier molecular flexibility index (Phi) is 6.21. The molecule has 2 aromatic rings. The minimum atomic E-state index is 0.830. The van der Waals surface area contributed by atoms with E-state index in [4.69, 9.17) is 0 Å². The first-order chi connectivity index (χ1) is 10.1. The van der Waals surface area contributed by atoms with Crippen LogP contribution in [0.2, 0.25) is 0 Å². The Morgan fingerprint density at radius 3 is 2.81 bits per heavy atom. The van der Waals surface area contributed by atoms with Crippen LogP contribution >= 0.6 is 27.3 Å². The summed E-state index contributed by atoms with van der Waals surface area (Å²) in [4.78, 5) is 6.75. The fourth-order valence-corrected chi connectivity index (χ4v) is 3.52. The second-order valence-electron chi connectivity index (χ2n) is 5.18. The van der Waals surface area contributed by atoms with E-state index in [1.165, 1.54) is 11.3 Å². The minimum Gasteiger partial charge on any atom is -0.368 e. The molecular weight excluding hydrogens is 346 g/mol. The van der Waals surface area contributed by atoms with Gasteiger partial charge in [0.1, 0.15) is 0 Å². The van der Waals surface area contributed by atoms with Gasteiger partial charge in [-0.3, -0.25) is 0 Å². The number of aromatic nitrogens is 1. The lowest BCUT2D eigenvalue weighted by Gasteiger charge is -2.20. The summed E-state index contributed by atoms with van der Waals surface area (Å²) < 4.78 is 1.13. The van der Waals surface area contributed by atoms with Crippen LogP contribution in [0.5, 0.6) is 0 Å². The summed E-state index contributed by atoms with van der Waals surface area (Å²) in [6, 6.07) is 6.55. The number of thiazole rings is 1. The summed E-state index contributed by atoms with van der Waals surface area (Å²) in [6.45, 7) is 7.03. The van der Waals surface area contributed by atoms with Crippen molar-refractivity contribution < 1.29 is 0 Å². The number of hydrogen-bond donors (Lipinski definition) is 1. The van der Waals surface area contributed by atoms with Gasteiger partial charge in [-0.25, -0.2) is 4.98 Å². The number of nitrogens with one attached hydrogen (secondary N) is 1. The largest absolute Gasteiger partial charge is 0.368 e. The van der Waals surface area contributed by atoms with Crippen molar-refractivity contribution >= 4 is 33.0 Å². The molecule has 0 unspecified atom stereocenters. The van der Waals surface area contributed by atoms with Crippen molar-refractivity contribution in [3.05, 3.63) is 44.3 Å². The number of aryl methyl sites for hydroxylation is 1. The van der Waals surface area contributed by atoms with Crippen LogP contribution in [0.1, 0.15) is 29.6 Å². The Balaban J connectivity index is 2.02. The van der Waals surface area contributed by atoms with E-state index in [1.807, 2.05) is 6.92 Å². The van der Waals surface area contributed by atoms with Gasteiger partial charge in [-0.15, -0.1) is 11.3 Å². The molecule has 0 bridgehead atoms. The monoisotopic (exact) mass is 367 g/mol. The zero-order chi connectivity index (χ0) is 15.2. The quantitative estimate of drug-likeness (QED) is 0.737. The van der Waals surface area contributed by atoms with E-state index in [2.05, 4.69) is 68.7 Å². The highest BCUT2D eigenvalue weighted by atomic mass is 79.9. The van der Waals surface area contributed by atoms with Crippen molar-refractivity contribution in [1.82, 2.24) is 10.3 Å². The molecule has 21 heavy (non-hydrogen) atoms. The summed E-state index contributed by atoms with van der Waals surface area (Å²) >= 11 is 5.39. The third kappa shape index (κ3) is 4.80. The molecule has 0 aliphatic rings. The zero-order valence-electron chi connectivity index (χ0n) is 12.8. The standard InChI is InChI=1S/C16H22BrN3S/c1-4-7-18-9-13-5-6-16(15(17)8-13)20(3)10-14-11-21-12(2)19-14/h5-6,8,11,18H,4,7,9-10H2,1-3H3. The Morgan fingerprint density at radius 2 is 2.19 bits per heavy atom. The van der Waals surface area contributed by atoms with Gasteiger partial charge in [0, 0.05) is 23.4 Å². The predicted molar refractivity (Wildman–Crippen MR) is 95.1 cm³/mol. The lowest BCUT2D eigenvalue weighted by atomic mass is 10.2. The third-order valence-corrected chi connectivity index (χ3v) is 4.70. The molecule has 1 heterocycles. The smallest absolute Gasteiger partial charge is 0.0898 e. The minimum absolute atomic E-state index is 0.830. The molecule has 3 nitrogen and oxygen atoms in total. The van der Waals surface area contributed by atoms with Crippen LogP contribution < -0.4 is 10.2 Å². The van der Waals surface area contributed by atoms with Gasteiger partial charge >= 0.3 is 0 Å². The molecule has 0 radical (unpaired) electrons. The number of anilines is 1. The first-order valence-corrected chi connectivity index (χ1v) is 8.88. The highest BCUT2D eigenvalue weighted by molar-refractivity contribution is 9.10. The number of halogens is 1. The molecule has 0 aliphatic carbocycles. The summed E-state index contributed by atoms with van der Waals surface area (Å²) in [5.74, 6) is 0. The molecule has 5 heteroatoms. The summed E-state index contributed by atoms with van der Waals surface area (Å²) in [5, 5.41) is 6.67. The van der Waals surface area contributed by atoms with Crippen LogP contribution in [0.3, 0.4) is 0 Å². The number of rotatable bonds is 7. The first-order valence-electron chi connectivity index (χ1n) is 7.21. The van der Waals surface area contributed by atoms with Crippen LogP contribution in [0.25, 0.3) is 0 Å². The number of benzene rings is 1. The highest BCUT2D eigenvalue weighted by Gasteiger charge is 2.09. The molecule has 0 spiro atoms. The molecule has 0 fully saturated rings. The molecule has 0 aliphatic heterocycles. The number of nitrogens with zero attached hydrogens (tertiary/aromatic N) is 2. The molecule has 114 valence electrons. The van der Waals surface area contributed by atoms with Crippen molar-refractivity contribution in [1.29, 1.82) is 0 Å². The summed E-state index contributed by atoms with van der Waals surface area (Å²) in [5.41, 5.74) is 3.62. The van der Waals surface area contributed by atoms with E-state index in [0.29, 0.717) is 0 Å². The first kappa shape index (κ1) is 16.5. The normalized spacial score (nSPS) is 10.9. The van der Waals surface area contributed by atoms with Gasteiger partial charge in [0.15, 0.2) is 0 Å². The Morgan fingerprint density at radius 1 is 1.38 bits per heavy atom. The zero-order valence-corrected chi connectivity index (χ0v) is 15.2. The van der Waals surface area contributed by atoms with Crippen molar-refractivity contribution in [2.24, 2.45) is 0 Å². The van der Waals surface area contributed by atoms with Crippen molar-refractivity contribution in [3.63, 3.8) is 0 Å². The molecule has 1 N–H and O–H groups in total. The van der Waals surface area contributed by atoms with Gasteiger partial charge in [0.25, 0.3) is 0 Å². The Bertz CT molecular complexity index is 583. The van der Waals surface area contributed by atoms with Gasteiger partial charge in [-0.1, -0.05) is 13.0 Å². The van der Waals surface area contributed by atoms with Crippen LogP contribution in [0, 0.1) is 6.92 Å². The van der Waals surface area contributed by atoms with Crippen molar-refractivity contribution in [2.45, 2.75) is 33.4 Å². The molecule has 0 saturated carbocycles. The van der Waals surface area contributed by atoms with Gasteiger partial charge in [0.05, 0.1) is 22.9 Å². The molecule has 0 amide bonds. The second kappa shape index (κ2) is 7.92. The van der Waals surface area contributed by atoms with Crippen molar-refractivity contribution in [2.75, 3.05) is 18.5 Å². The molecule has 1 aromatic heterocycles. The topological polar surface area (TPSA) is 28.2 Å². The third-order valence-electron chi connectivity index (χ3n) is 3.24. The van der Waals surface area contributed by atoms with E-state index in [9.17, 15) is 0 Å². The maximum atomic E-state index is 4.52. The lowest BCUT2D eigenvalue weighted by Crippen LogP contribution is -2.18. The van der Waals surface area contributed by atoms with Crippen LogP contribution in [-0.4, -0.2) is 18.6 Å². The van der Waals surface area contributed by atoms with E-state index < -0.39 is 0 Å². The maximum absolute atomic E-state index is 4.52. The predicted octanol–water partition coefficient (Wildman–Crippen LogP) is 4.35. The molecule has 1 aromatic carbocycles. The number of hydrogen-bond acceptors (Lipinski definition) is 4. The SMILES string of the molecule is CCCNCc1ccc(N(C)Cc2csc(C)n2)c(Br)c1. The summed E-state index contributed by atoms with van der Waals surface area (Å²) in [6.07, 6.45) is 1.16. The van der Waals surface area contributed by atoms with Gasteiger partial charge in [-0.05, 0) is 53.5 Å². The average molecular weight is 368 g/mol. The van der Waals surface area contributed by atoms with Crippen LogP contribution in [0.4, 0.5) is 5.69 Å². The van der Waals surface area contributed by atoms with Crippen molar-refractivity contribution in [3.8, 4) is 0 Å². The fourth-order valence-electron chi connectivity index (χ4n) is 2.19. The van der Waals surface area contributed by atoms with Gasteiger partial charge in [-0.2, -0.15) is 0 Å². The second-order valence-corrected chi connectivity index (χ2v) is 7.09. The van der Waals surface area contributed by atoms with Gasteiger partial charge < -0.3 is 10.2 Å². The molecule has 0 atom stereocenters. The Labute approximate surface area is 139 Å². The van der Waals surface area contributed by atoms with E-state index in [0.717, 1.165) is 41.2 Å². The average Bonchev–Trinajstić information content (AvgIpc) is 2.84. The molecule has 2 rings (SSSR count).